The fourth-order valence-corrected chi connectivity index (χ4v) is 3.74. The Morgan fingerprint density at radius 3 is 2.55 bits per heavy atom. The van der Waals surface area contributed by atoms with Gasteiger partial charge in [-0.05, 0) is 48.2 Å². The zero-order valence-corrected chi connectivity index (χ0v) is 16.5. The molecule has 0 saturated heterocycles. The monoisotopic (exact) mass is 411 g/mol. The highest BCUT2D eigenvalue weighted by Gasteiger charge is 2.23. The Bertz CT molecular complexity index is 1050. The maximum absolute atomic E-state index is 13.4. The molecule has 1 heterocycles. The zero-order valence-electron chi connectivity index (χ0n) is 15.7. The number of aromatic nitrogens is 1. The molecule has 1 aliphatic carbocycles. The van der Waals surface area contributed by atoms with Gasteiger partial charge in [-0.15, -0.1) is 0 Å². The van der Waals surface area contributed by atoms with E-state index in [4.69, 9.17) is 16.3 Å². The van der Waals surface area contributed by atoms with Crippen molar-refractivity contribution in [1.29, 1.82) is 0 Å². The lowest BCUT2D eigenvalue weighted by atomic mass is 10.1. The summed E-state index contributed by atoms with van der Waals surface area (Å²) in [6.45, 7) is 0. The lowest BCUT2D eigenvalue weighted by Gasteiger charge is -2.14. The summed E-state index contributed by atoms with van der Waals surface area (Å²) in [6, 6.07) is 15.5. The van der Waals surface area contributed by atoms with Crippen molar-refractivity contribution < 1.29 is 13.9 Å². The molecule has 148 valence electrons. The molecule has 29 heavy (non-hydrogen) atoms. The lowest BCUT2D eigenvalue weighted by Crippen LogP contribution is -2.35. The summed E-state index contributed by atoms with van der Waals surface area (Å²) >= 11 is 6.13. The largest absolute Gasteiger partial charge is 0.494 e. The second-order valence-electron chi connectivity index (χ2n) is 6.88. The van der Waals surface area contributed by atoms with Crippen LogP contribution in [0, 0.1) is 5.82 Å². The van der Waals surface area contributed by atoms with Crippen LogP contribution in [0.3, 0.4) is 0 Å². The number of benzene rings is 2. The average molecular weight is 412 g/mol. The van der Waals surface area contributed by atoms with E-state index >= 15 is 0 Å². The molecule has 0 atom stereocenters. The first-order chi connectivity index (χ1) is 14.0. The molecule has 2 N–H and O–H groups in total. The zero-order chi connectivity index (χ0) is 20.4. The maximum Gasteiger partial charge on any atom is 0.270 e. The van der Waals surface area contributed by atoms with E-state index in [1.807, 2.05) is 12.1 Å². The minimum atomic E-state index is -0.405. The Kier molecular flexibility index (Phi) is 5.36. The summed E-state index contributed by atoms with van der Waals surface area (Å²) in [5, 5.41) is 6.30. The Labute approximate surface area is 172 Å². The van der Waals surface area contributed by atoms with Crippen LogP contribution < -0.4 is 15.4 Å². The van der Waals surface area contributed by atoms with Crippen LogP contribution >= 0.6 is 11.6 Å². The number of rotatable bonds is 5. The highest BCUT2D eigenvalue weighted by molar-refractivity contribution is 6.29. The minimum Gasteiger partial charge on any atom is -0.494 e. The molecule has 0 spiro atoms. The first-order valence-electron chi connectivity index (χ1n) is 9.17. The normalized spacial score (nSPS) is 13.1. The van der Waals surface area contributed by atoms with Gasteiger partial charge in [0.15, 0.2) is 0 Å². The van der Waals surface area contributed by atoms with E-state index in [9.17, 15) is 9.18 Å². The number of nitrogens with one attached hydrogen (secondary N) is 2. The number of hydrogen-bond acceptors (Lipinski definition) is 4. The first-order valence-corrected chi connectivity index (χ1v) is 9.55. The topological polar surface area (TPSA) is 63.2 Å². The number of hydrogen-bond donors (Lipinski definition) is 2. The van der Waals surface area contributed by atoms with Gasteiger partial charge < -0.3 is 15.4 Å². The van der Waals surface area contributed by atoms with Crippen LogP contribution in [0.5, 0.6) is 5.75 Å². The van der Waals surface area contributed by atoms with E-state index in [2.05, 4.69) is 27.8 Å². The van der Waals surface area contributed by atoms with Gasteiger partial charge in [-0.1, -0.05) is 35.9 Å². The molecule has 7 heteroatoms. The Hall–Kier alpha value is -3.12. The molecular weight excluding hydrogens is 393 g/mol. The highest BCUT2D eigenvalue weighted by Crippen LogP contribution is 2.29. The average Bonchev–Trinajstić information content (AvgIpc) is 3.11. The van der Waals surface area contributed by atoms with Gasteiger partial charge >= 0.3 is 0 Å². The molecule has 0 unspecified atom stereocenters. The number of anilines is 2. The fraction of sp³-hybridized carbons (Fsp3) is 0.182. The summed E-state index contributed by atoms with van der Waals surface area (Å²) in [5.74, 6) is -0.357. The number of amides is 1. The van der Waals surface area contributed by atoms with Crippen molar-refractivity contribution in [3.05, 3.63) is 82.4 Å². The molecule has 0 fully saturated rings. The smallest absolute Gasteiger partial charge is 0.270 e. The number of nitrogens with zero attached hydrogens (tertiary/aromatic N) is 1. The van der Waals surface area contributed by atoms with E-state index in [1.165, 1.54) is 30.4 Å². The SMILES string of the molecule is COc1cc(F)ccc1Nc1cc(Cl)nc(C(=O)NC2Cc3ccccc3C2)c1. The number of carbonyl (C=O) groups excluding carboxylic acids is 1. The molecule has 4 rings (SSSR count). The van der Waals surface area contributed by atoms with E-state index < -0.39 is 5.82 Å². The van der Waals surface area contributed by atoms with Crippen LogP contribution in [0.1, 0.15) is 21.6 Å². The van der Waals surface area contributed by atoms with Crippen molar-refractivity contribution in [2.75, 3.05) is 12.4 Å². The molecule has 0 saturated carbocycles. The van der Waals surface area contributed by atoms with Crippen molar-refractivity contribution >= 4 is 28.9 Å². The molecular formula is C22H19ClFN3O2. The third kappa shape index (κ3) is 4.32. The van der Waals surface area contributed by atoms with Crippen molar-refractivity contribution in [2.45, 2.75) is 18.9 Å². The first kappa shape index (κ1) is 19.2. The third-order valence-corrected chi connectivity index (χ3v) is 5.05. The van der Waals surface area contributed by atoms with Gasteiger partial charge in [0, 0.05) is 17.8 Å². The van der Waals surface area contributed by atoms with Gasteiger partial charge in [-0.3, -0.25) is 4.79 Å². The molecule has 1 amide bonds. The van der Waals surface area contributed by atoms with Crippen LogP contribution in [0.15, 0.2) is 54.6 Å². The molecule has 5 nitrogen and oxygen atoms in total. The van der Waals surface area contributed by atoms with Crippen LogP contribution in [0.25, 0.3) is 0 Å². The molecule has 1 aliphatic rings. The summed E-state index contributed by atoms with van der Waals surface area (Å²) in [7, 11) is 1.46. The van der Waals surface area contributed by atoms with Gasteiger partial charge in [0.05, 0.1) is 12.8 Å². The molecule has 2 aromatic carbocycles. The van der Waals surface area contributed by atoms with Gasteiger partial charge in [0.25, 0.3) is 5.91 Å². The molecule has 0 aliphatic heterocycles. The van der Waals surface area contributed by atoms with Gasteiger partial charge in [0.2, 0.25) is 0 Å². The predicted molar refractivity (Wildman–Crippen MR) is 111 cm³/mol. The predicted octanol–water partition coefficient (Wildman–Crippen LogP) is 4.52. The number of pyridine rings is 1. The summed E-state index contributed by atoms with van der Waals surface area (Å²) < 4.78 is 18.6. The Balaban J connectivity index is 1.51. The third-order valence-electron chi connectivity index (χ3n) is 4.86. The van der Waals surface area contributed by atoms with Crippen molar-refractivity contribution in [3.8, 4) is 5.75 Å². The molecule has 3 aromatic rings. The van der Waals surface area contributed by atoms with Crippen LogP contribution in [-0.2, 0) is 12.8 Å². The Morgan fingerprint density at radius 2 is 1.86 bits per heavy atom. The van der Waals surface area contributed by atoms with E-state index in [0.29, 0.717) is 17.1 Å². The molecule has 1 aromatic heterocycles. The summed E-state index contributed by atoms with van der Waals surface area (Å²) in [5.41, 5.74) is 3.81. The van der Waals surface area contributed by atoms with E-state index in [-0.39, 0.29) is 22.8 Å². The van der Waals surface area contributed by atoms with Crippen LogP contribution in [0.4, 0.5) is 15.8 Å². The summed E-state index contributed by atoms with van der Waals surface area (Å²) in [6.07, 6.45) is 1.58. The Morgan fingerprint density at radius 1 is 1.14 bits per heavy atom. The fourth-order valence-electron chi connectivity index (χ4n) is 3.53. The minimum absolute atomic E-state index is 0.0225. The number of carbonyl (C=O) groups is 1. The maximum atomic E-state index is 13.4. The summed E-state index contributed by atoms with van der Waals surface area (Å²) in [4.78, 5) is 16.9. The van der Waals surface area contributed by atoms with Gasteiger partial charge in [-0.25, -0.2) is 9.37 Å². The van der Waals surface area contributed by atoms with E-state index in [1.54, 1.807) is 18.2 Å². The van der Waals surface area contributed by atoms with Gasteiger partial charge in [0.1, 0.15) is 22.4 Å². The van der Waals surface area contributed by atoms with Crippen molar-refractivity contribution in [2.24, 2.45) is 0 Å². The number of fused-ring (bicyclic) bond motifs is 1. The lowest BCUT2D eigenvalue weighted by molar-refractivity contribution is 0.0933. The number of ether oxygens (including phenoxy) is 1. The molecule has 0 bridgehead atoms. The number of methoxy groups -OCH3 is 1. The van der Waals surface area contributed by atoms with Crippen LogP contribution in [-0.4, -0.2) is 24.0 Å². The quantitative estimate of drug-likeness (QED) is 0.606. The van der Waals surface area contributed by atoms with Crippen LogP contribution in [0.2, 0.25) is 5.15 Å². The standard InChI is InChI=1S/C22H19ClFN3O2/c1-29-20-10-15(24)6-7-18(20)25-17-11-19(27-21(23)12-17)22(28)26-16-8-13-4-2-3-5-14(13)9-16/h2-7,10-12,16H,8-9H2,1H3,(H,25,27)(H,26,28). The second-order valence-corrected chi connectivity index (χ2v) is 7.27. The van der Waals surface area contributed by atoms with Crippen molar-refractivity contribution in [3.63, 3.8) is 0 Å². The number of halogens is 2. The molecule has 0 radical (unpaired) electrons. The van der Waals surface area contributed by atoms with E-state index in [0.717, 1.165) is 12.8 Å². The van der Waals surface area contributed by atoms with Crippen molar-refractivity contribution in [1.82, 2.24) is 10.3 Å². The second kappa shape index (κ2) is 8.09. The highest BCUT2D eigenvalue weighted by atomic mass is 35.5. The van der Waals surface area contributed by atoms with Gasteiger partial charge in [-0.2, -0.15) is 0 Å².